The van der Waals surface area contributed by atoms with Gasteiger partial charge < -0.3 is 0 Å². The molecule has 3 aromatic rings. The van der Waals surface area contributed by atoms with Crippen molar-refractivity contribution in [3.05, 3.63) is 82.9 Å². The zero-order valence-corrected chi connectivity index (χ0v) is 21.4. The van der Waals surface area contributed by atoms with Gasteiger partial charge in [-0.05, 0) is 55.8 Å². The molecule has 2 unspecified atom stereocenters. The largest absolute Gasteiger partial charge is 0.295 e. The van der Waals surface area contributed by atoms with Crippen LogP contribution < -0.4 is 10.3 Å². The fourth-order valence-electron chi connectivity index (χ4n) is 4.15. The maximum absolute atomic E-state index is 13.7. The van der Waals surface area contributed by atoms with E-state index in [1.54, 1.807) is 34.9 Å². The number of nitrogens with one attached hydrogen (secondary N) is 1. The van der Waals surface area contributed by atoms with Crippen LogP contribution >= 0.6 is 35.1 Å². The molecule has 0 saturated carbocycles. The van der Waals surface area contributed by atoms with Crippen LogP contribution in [0.15, 0.2) is 76.5 Å². The molecule has 0 radical (unpaired) electrons. The van der Waals surface area contributed by atoms with Crippen LogP contribution in [0, 0.1) is 0 Å². The number of hydrogen-bond donors (Lipinski definition) is 1. The molecule has 0 bridgehead atoms. The van der Waals surface area contributed by atoms with Crippen molar-refractivity contribution in [2.75, 3.05) is 11.4 Å². The number of amides is 2. The number of hydrazine groups is 1. The van der Waals surface area contributed by atoms with E-state index >= 15 is 0 Å². The molecular formula is C26H22ClN3O3S2. The maximum Gasteiger partial charge on any atom is 0.250 e. The van der Waals surface area contributed by atoms with E-state index in [1.165, 1.54) is 23.7 Å². The fraction of sp³-hybridized carbons (Fsp3) is 0.192. The second-order valence-electron chi connectivity index (χ2n) is 8.27. The van der Waals surface area contributed by atoms with Crippen LogP contribution in [-0.2, 0) is 9.59 Å². The van der Waals surface area contributed by atoms with Gasteiger partial charge >= 0.3 is 0 Å². The van der Waals surface area contributed by atoms with E-state index in [1.807, 2.05) is 55.5 Å². The lowest BCUT2D eigenvalue weighted by molar-refractivity contribution is -0.133. The predicted molar refractivity (Wildman–Crippen MR) is 140 cm³/mol. The van der Waals surface area contributed by atoms with Gasteiger partial charge in [0.05, 0.1) is 23.2 Å². The number of thioether (sulfide) groups is 1. The highest BCUT2D eigenvalue weighted by atomic mass is 35.5. The molecule has 0 aliphatic carbocycles. The number of Topliss-reactive ketones (excluding diaryl/α,β-unsaturated/α-hetero) is 1. The quantitative estimate of drug-likeness (QED) is 0.424. The van der Waals surface area contributed by atoms with E-state index in [0.29, 0.717) is 16.3 Å². The standard InChI is InChI=1S/C26H22ClN3O3S2/c1-15(31)17-10-11-23-21(13-17)29(20-8-3-4-9-22(20)35-23)24(32)14-28-30-25(33)16(2)34-26(30)18-6-5-7-19(27)12-18/h3-13,16,26,28H,14H2,1-2H3. The number of hydrogen-bond acceptors (Lipinski definition) is 6. The van der Waals surface area contributed by atoms with Gasteiger partial charge in [0.15, 0.2) is 5.78 Å². The van der Waals surface area contributed by atoms with Gasteiger partial charge in [-0.1, -0.05) is 53.7 Å². The molecule has 5 rings (SSSR count). The molecule has 9 heteroatoms. The Morgan fingerprint density at radius 2 is 1.77 bits per heavy atom. The van der Waals surface area contributed by atoms with Crippen molar-refractivity contribution < 1.29 is 14.4 Å². The molecule has 1 saturated heterocycles. The summed E-state index contributed by atoms with van der Waals surface area (Å²) in [5, 5.41) is 1.56. The highest BCUT2D eigenvalue weighted by molar-refractivity contribution is 8.01. The fourth-order valence-corrected chi connectivity index (χ4v) is 6.60. The second-order valence-corrected chi connectivity index (χ2v) is 11.2. The Morgan fingerprint density at radius 3 is 2.54 bits per heavy atom. The summed E-state index contributed by atoms with van der Waals surface area (Å²) >= 11 is 9.25. The van der Waals surface area contributed by atoms with Crippen molar-refractivity contribution in [3.8, 4) is 0 Å². The molecule has 2 aliphatic rings. The van der Waals surface area contributed by atoms with Gasteiger partial charge in [-0.2, -0.15) is 0 Å². The third-order valence-corrected chi connectivity index (χ3v) is 8.59. The minimum atomic E-state index is -0.301. The monoisotopic (exact) mass is 523 g/mol. The minimum Gasteiger partial charge on any atom is -0.295 e. The van der Waals surface area contributed by atoms with Crippen LogP contribution in [-0.4, -0.2) is 34.4 Å². The predicted octanol–water partition coefficient (Wildman–Crippen LogP) is 5.84. The van der Waals surface area contributed by atoms with E-state index in [9.17, 15) is 14.4 Å². The van der Waals surface area contributed by atoms with Gasteiger partial charge in [0.2, 0.25) is 5.91 Å². The number of benzene rings is 3. The third kappa shape index (κ3) is 4.59. The molecule has 1 fully saturated rings. The van der Waals surface area contributed by atoms with Crippen molar-refractivity contribution >= 4 is 64.1 Å². The lowest BCUT2D eigenvalue weighted by Crippen LogP contribution is -2.47. The van der Waals surface area contributed by atoms with Crippen molar-refractivity contribution in [2.45, 2.75) is 34.3 Å². The lowest BCUT2D eigenvalue weighted by atomic mass is 10.1. The Morgan fingerprint density at radius 1 is 1.00 bits per heavy atom. The van der Waals surface area contributed by atoms with E-state index in [-0.39, 0.29) is 34.8 Å². The SMILES string of the molecule is CC(=O)c1ccc2c(c1)N(C(=O)CNN1C(=O)C(C)SC1c1cccc(Cl)c1)c1ccccc1S2. The zero-order chi connectivity index (χ0) is 24.7. The van der Waals surface area contributed by atoms with Crippen molar-refractivity contribution in [1.29, 1.82) is 0 Å². The first kappa shape index (κ1) is 23.9. The van der Waals surface area contributed by atoms with Crippen molar-refractivity contribution in [3.63, 3.8) is 0 Å². The molecule has 0 spiro atoms. The average Bonchev–Trinajstić information content (AvgIpc) is 3.14. The summed E-state index contributed by atoms with van der Waals surface area (Å²) in [4.78, 5) is 42.1. The Kier molecular flexibility index (Phi) is 6.63. The van der Waals surface area contributed by atoms with E-state index in [0.717, 1.165) is 21.0 Å². The Balaban J connectivity index is 1.44. The summed E-state index contributed by atoms with van der Waals surface area (Å²) in [5.41, 5.74) is 5.92. The minimum absolute atomic E-state index is 0.0692. The van der Waals surface area contributed by atoms with E-state index in [2.05, 4.69) is 5.43 Å². The van der Waals surface area contributed by atoms with E-state index < -0.39 is 0 Å². The van der Waals surface area contributed by atoms with Crippen molar-refractivity contribution in [1.82, 2.24) is 10.4 Å². The van der Waals surface area contributed by atoms with Gasteiger partial charge in [0.1, 0.15) is 5.37 Å². The molecule has 3 aromatic carbocycles. The van der Waals surface area contributed by atoms with Crippen LogP contribution in [0.4, 0.5) is 11.4 Å². The molecule has 2 amide bonds. The van der Waals surface area contributed by atoms with Gasteiger partial charge in [-0.3, -0.25) is 24.3 Å². The molecule has 178 valence electrons. The van der Waals surface area contributed by atoms with Crippen LogP contribution in [0.5, 0.6) is 0 Å². The molecular weight excluding hydrogens is 502 g/mol. The summed E-state index contributed by atoms with van der Waals surface area (Å²) in [7, 11) is 0. The number of halogens is 1. The summed E-state index contributed by atoms with van der Waals surface area (Å²) < 4.78 is 0. The van der Waals surface area contributed by atoms with Gasteiger partial charge in [-0.15, -0.1) is 11.8 Å². The molecule has 6 nitrogen and oxygen atoms in total. The van der Waals surface area contributed by atoms with Crippen LogP contribution in [0.2, 0.25) is 5.02 Å². The van der Waals surface area contributed by atoms with Gasteiger partial charge in [0.25, 0.3) is 5.91 Å². The van der Waals surface area contributed by atoms with Crippen LogP contribution in [0.25, 0.3) is 0 Å². The molecule has 2 heterocycles. The number of carbonyl (C=O) groups excluding carboxylic acids is 3. The van der Waals surface area contributed by atoms with Gasteiger partial charge in [-0.25, -0.2) is 5.43 Å². The number of carbonyl (C=O) groups is 3. The Bertz CT molecular complexity index is 1350. The average molecular weight is 524 g/mol. The van der Waals surface area contributed by atoms with Crippen molar-refractivity contribution in [2.24, 2.45) is 0 Å². The van der Waals surface area contributed by atoms with Crippen LogP contribution in [0.3, 0.4) is 0 Å². The number of anilines is 2. The van der Waals surface area contributed by atoms with Gasteiger partial charge in [0, 0.05) is 20.4 Å². The smallest absolute Gasteiger partial charge is 0.250 e. The molecule has 2 aliphatic heterocycles. The normalized spacial score (nSPS) is 18.9. The number of para-hydroxylation sites is 1. The summed E-state index contributed by atoms with van der Waals surface area (Å²) in [6.45, 7) is 3.26. The maximum atomic E-state index is 13.7. The van der Waals surface area contributed by atoms with Crippen LogP contribution in [0.1, 0.15) is 35.1 Å². The Hall–Kier alpha value is -2.78. The first-order valence-corrected chi connectivity index (χ1v) is 13.2. The summed E-state index contributed by atoms with van der Waals surface area (Å²) in [5.74, 6) is -0.399. The highest BCUT2D eigenvalue weighted by Crippen LogP contribution is 2.48. The lowest BCUT2D eigenvalue weighted by Gasteiger charge is -2.32. The number of nitrogens with zero attached hydrogens (tertiary/aromatic N) is 2. The number of fused-ring (bicyclic) bond motifs is 2. The second kappa shape index (κ2) is 9.70. The number of rotatable bonds is 5. The third-order valence-electron chi connectivity index (χ3n) is 5.87. The molecule has 2 atom stereocenters. The topological polar surface area (TPSA) is 69.7 Å². The first-order valence-electron chi connectivity index (χ1n) is 11.1. The first-order chi connectivity index (χ1) is 16.8. The Labute approximate surface area is 217 Å². The summed E-state index contributed by atoms with van der Waals surface area (Å²) in [6, 6.07) is 20.5. The van der Waals surface area contributed by atoms with E-state index in [4.69, 9.17) is 11.6 Å². The number of ketones is 1. The summed E-state index contributed by atoms with van der Waals surface area (Å²) in [6.07, 6.45) is 0. The zero-order valence-electron chi connectivity index (χ0n) is 19.0. The molecule has 1 N–H and O–H groups in total. The molecule has 35 heavy (non-hydrogen) atoms. The molecule has 0 aromatic heterocycles. The highest BCUT2D eigenvalue weighted by Gasteiger charge is 2.39.